The van der Waals surface area contributed by atoms with Crippen LogP contribution in [0.5, 0.6) is 0 Å². The Morgan fingerprint density at radius 2 is 1.92 bits per heavy atom. The molecule has 0 radical (unpaired) electrons. The number of benzene rings is 1. The molecule has 0 aliphatic heterocycles. The molecule has 0 aromatic heterocycles. The maximum absolute atomic E-state index is 2.25. The van der Waals surface area contributed by atoms with E-state index in [1.807, 2.05) is 17.8 Å². The molecule has 0 aliphatic carbocycles. The molecule has 1 heteroatoms. The zero-order chi connectivity index (χ0) is 8.81. The van der Waals surface area contributed by atoms with Crippen molar-refractivity contribution in [2.45, 2.75) is 18.7 Å². The van der Waals surface area contributed by atoms with E-state index in [2.05, 4.69) is 44.2 Å². The van der Waals surface area contributed by atoms with Gasteiger partial charge in [-0.3, -0.25) is 0 Å². The number of hydrogen-bond donors (Lipinski definition) is 0. The van der Waals surface area contributed by atoms with Crippen LogP contribution in [-0.2, 0) is 0 Å². The normalized spacial score (nSPS) is 9.50. The summed E-state index contributed by atoms with van der Waals surface area (Å²) in [6, 6.07) is 10.5. The van der Waals surface area contributed by atoms with Gasteiger partial charge in [-0.15, -0.1) is 11.8 Å². The average molecular weight is 178 g/mol. The molecule has 64 valence electrons. The molecule has 12 heavy (non-hydrogen) atoms. The summed E-state index contributed by atoms with van der Waals surface area (Å²) in [5.74, 6) is 1.08. The Kier molecular flexibility index (Phi) is 3.95. The standard InChI is InChI=1S/C11H14S/c1-10(2)8-9-12-11-6-4-3-5-7-11/h3-8H,9H2,1-2H3. The van der Waals surface area contributed by atoms with Gasteiger partial charge >= 0.3 is 0 Å². The molecule has 0 fully saturated rings. The Morgan fingerprint density at radius 1 is 1.25 bits per heavy atom. The van der Waals surface area contributed by atoms with E-state index in [4.69, 9.17) is 0 Å². The Morgan fingerprint density at radius 3 is 2.50 bits per heavy atom. The summed E-state index contributed by atoms with van der Waals surface area (Å²) in [7, 11) is 0. The summed E-state index contributed by atoms with van der Waals surface area (Å²) < 4.78 is 0. The number of hydrogen-bond acceptors (Lipinski definition) is 1. The topological polar surface area (TPSA) is 0 Å². The van der Waals surface area contributed by atoms with Crippen molar-refractivity contribution < 1.29 is 0 Å². The molecular formula is C11H14S. The molecule has 0 N–H and O–H groups in total. The van der Waals surface area contributed by atoms with Crippen LogP contribution in [0.1, 0.15) is 13.8 Å². The third-order valence-corrected chi connectivity index (χ3v) is 2.42. The van der Waals surface area contributed by atoms with Crippen LogP contribution in [0, 0.1) is 0 Å². The Balaban J connectivity index is 2.39. The highest BCUT2D eigenvalue weighted by Crippen LogP contribution is 2.17. The van der Waals surface area contributed by atoms with E-state index in [0.29, 0.717) is 0 Å². The zero-order valence-electron chi connectivity index (χ0n) is 7.58. The van der Waals surface area contributed by atoms with Crippen LogP contribution in [-0.4, -0.2) is 5.75 Å². The molecule has 0 bridgehead atoms. The molecule has 0 aliphatic rings. The van der Waals surface area contributed by atoms with Crippen molar-refractivity contribution >= 4 is 11.8 Å². The third-order valence-electron chi connectivity index (χ3n) is 1.48. The molecule has 0 heterocycles. The van der Waals surface area contributed by atoms with Crippen molar-refractivity contribution in [3.63, 3.8) is 0 Å². The Bertz CT molecular complexity index is 245. The van der Waals surface area contributed by atoms with Crippen LogP contribution < -0.4 is 0 Å². The molecule has 1 aromatic carbocycles. The first-order valence-electron chi connectivity index (χ1n) is 4.10. The molecule has 0 atom stereocenters. The van der Waals surface area contributed by atoms with Crippen LogP contribution in [0.4, 0.5) is 0 Å². The van der Waals surface area contributed by atoms with E-state index >= 15 is 0 Å². The molecule has 0 spiro atoms. The molecule has 0 nitrogen and oxygen atoms in total. The van der Waals surface area contributed by atoms with E-state index in [1.54, 1.807) is 0 Å². The minimum atomic E-state index is 1.08. The maximum atomic E-state index is 2.25. The third kappa shape index (κ3) is 3.63. The molecule has 1 aromatic rings. The van der Waals surface area contributed by atoms with Crippen LogP contribution in [0.15, 0.2) is 46.9 Å². The lowest BCUT2D eigenvalue weighted by molar-refractivity contribution is 1.36. The summed E-state index contributed by atoms with van der Waals surface area (Å²) in [4.78, 5) is 1.34. The number of allylic oxidation sites excluding steroid dienone is 1. The van der Waals surface area contributed by atoms with Gasteiger partial charge in [0.2, 0.25) is 0 Å². The van der Waals surface area contributed by atoms with Crippen LogP contribution in [0.3, 0.4) is 0 Å². The summed E-state index contributed by atoms with van der Waals surface area (Å²) in [6.07, 6.45) is 2.25. The molecule has 0 unspecified atom stereocenters. The van der Waals surface area contributed by atoms with Crippen LogP contribution >= 0.6 is 11.8 Å². The first-order valence-corrected chi connectivity index (χ1v) is 5.09. The Hall–Kier alpha value is -0.690. The minimum Gasteiger partial charge on any atom is -0.122 e. The molecule has 1 rings (SSSR count). The second-order valence-corrected chi connectivity index (χ2v) is 4.00. The van der Waals surface area contributed by atoms with Crippen molar-refractivity contribution in [3.8, 4) is 0 Å². The highest BCUT2D eigenvalue weighted by Gasteiger charge is 1.88. The van der Waals surface area contributed by atoms with Gasteiger partial charge in [0.25, 0.3) is 0 Å². The van der Waals surface area contributed by atoms with Crippen molar-refractivity contribution in [2.24, 2.45) is 0 Å². The minimum absolute atomic E-state index is 1.08. The van der Waals surface area contributed by atoms with Gasteiger partial charge in [-0.2, -0.15) is 0 Å². The van der Waals surface area contributed by atoms with Gasteiger partial charge in [0, 0.05) is 10.6 Å². The quantitative estimate of drug-likeness (QED) is 0.502. The largest absolute Gasteiger partial charge is 0.122 e. The second-order valence-electron chi connectivity index (χ2n) is 2.91. The Labute approximate surface area is 78.7 Å². The van der Waals surface area contributed by atoms with Crippen molar-refractivity contribution in [1.29, 1.82) is 0 Å². The predicted molar refractivity (Wildman–Crippen MR) is 56.6 cm³/mol. The summed E-state index contributed by atoms with van der Waals surface area (Å²) in [5, 5.41) is 0. The molecular weight excluding hydrogens is 164 g/mol. The molecule has 0 saturated heterocycles. The molecule has 0 saturated carbocycles. The number of rotatable bonds is 3. The van der Waals surface area contributed by atoms with E-state index in [0.717, 1.165) is 5.75 Å². The lowest BCUT2D eigenvalue weighted by atomic mass is 10.3. The lowest BCUT2D eigenvalue weighted by Crippen LogP contribution is -1.74. The van der Waals surface area contributed by atoms with Gasteiger partial charge in [0.05, 0.1) is 0 Å². The van der Waals surface area contributed by atoms with Crippen LogP contribution in [0.25, 0.3) is 0 Å². The summed E-state index contributed by atoms with van der Waals surface area (Å²) in [5.41, 5.74) is 1.39. The van der Waals surface area contributed by atoms with E-state index in [-0.39, 0.29) is 0 Å². The van der Waals surface area contributed by atoms with Gasteiger partial charge < -0.3 is 0 Å². The summed E-state index contributed by atoms with van der Waals surface area (Å²) >= 11 is 1.87. The van der Waals surface area contributed by atoms with Crippen molar-refractivity contribution in [1.82, 2.24) is 0 Å². The predicted octanol–water partition coefficient (Wildman–Crippen LogP) is 3.74. The first kappa shape index (κ1) is 9.40. The van der Waals surface area contributed by atoms with Crippen molar-refractivity contribution in [2.75, 3.05) is 5.75 Å². The molecule has 0 amide bonds. The maximum Gasteiger partial charge on any atom is 0.0163 e. The fourth-order valence-corrected chi connectivity index (χ4v) is 1.78. The highest BCUT2D eigenvalue weighted by atomic mass is 32.2. The summed E-state index contributed by atoms with van der Waals surface area (Å²) in [6.45, 7) is 4.26. The first-order chi connectivity index (χ1) is 5.79. The van der Waals surface area contributed by atoms with Gasteiger partial charge in [0.1, 0.15) is 0 Å². The smallest absolute Gasteiger partial charge is 0.0163 e. The van der Waals surface area contributed by atoms with E-state index in [1.165, 1.54) is 10.5 Å². The SMILES string of the molecule is CC(C)=CCSc1ccccc1. The average Bonchev–Trinajstić information content (AvgIpc) is 2.05. The van der Waals surface area contributed by atoms with E-state index < -0.39 is 0 Å². The lowest BCUT2D eigenvalue weighted by Gasteiger charge is -1.96. The number of thioether (sulfide) groups is 1. The van der Waals surface area contributed by atoms with Gasteiger partial charge in [-0.25, -0.2) is 0 Å². The second kappa shape index (κ2) is 5.04. The zero-order valence-corrected chi connectivity index (χ0v) is 8.40. The van der Waals surface area contributed by atoms with Gasteiger partial charge in [-0.05, 0) is 26.0 Å². The highest BCUT2D eigenvalue weighted by molar-refractivity contribution is 7.99. The monoisotopic (exact) mass is 178 g/mol. The fraction of sp³-hybridized carbons (Fsp3) is 0.273. The van der Waals surface area contributed by atoms with Crippen LogP contribution in [0.2, 0.25) is 0 Å². The van der Waals surface area contributed by atoms with Gasteiger partial charge in [0.15, 0.2) is 0 Å². The van der Waals surface area contributed by atoms with E-state index in [9.17, 15) is 0 Å². The van der Waals surface area contributed by atoms with Crippen molar-refractivity contribution in [3.05, 3.63) is 42.0 Å². The van der Waals surface area contributed by atoms with Gasteiger partial charge in [-0.1, -0.05) is 29.8 Å². The fourth-order valence-electron chi connectivity index (χ4n) is 0.821.